The highest BCUT2D eigenvalue weighted by Crippen LogP contribution is 2.20. The lowest BCUT2D eigenvalue weighted by Crippen LogP contribution is -2.24. The van der Waals surface area contributed by atoms with Crippen molar-refractivity contribution in [2.45, 2.75) is 4.90 Å². The van der Waals surface area contributed by atoms with Gasteiger partial charge in [0, 0.05) is 24.6 Å². The first kappa shape index (κ1) is 15.5. The van der Waals surface area contributed by atoms with Gasteiger partial charge in [0.2, 0.25) is 10.0 Å². The van der Waals surface area contributed by atoms with E-state index >= 15 is 0 Å². The molecule has 0 saturated carbocycles. The highest BCUT2D eigenvalue weighted by molar-refractivity contribution is 7.89. The summed E-state index contributed by atoms with van der Waals surface area (Å²) in [5.41, 5.74) is -0.502. The fourth-order valence-electron chi connectivity index (χ4n) is 1.19. The maximum atomic E-state index is 13.4. The van der Waals surface area contributed by atoms with Gasteiger partial charge in [0.15, 0.2) is 0 Å². The SMILES string of the molecule is O=[N+]([O-])c1ccc(F)c(S(=O)(=O)NC/C=C/CCl)c1. The van der Waals surface area contributed by atoms with Crippen LogP contribution in [-0.2, 0) is 10.0 Å². The molecular weight excluding hydrogens is 299 g/mol. The molecule has 0 saturated heterocycles. The molecule has 0 bridgehead atoms. The van der Waals surface area contributed by atoms with Gasteiger partial charge in [-0.05, 0) is 6.07 Å². The smallest absolute Gasteiger partial charge is 0.258 e. The molecule has 1 rings (SSSR count). The first-order chi connectivity index (χ1) is 8.88. The van der Waals surface area contributed by atoms with Crippen molar-refractivity contribution in [1.29, 1.82) is 0 Å². The van der Waals surface area contributed by atoms with Gasteiger partial charge in [0.25, 0.3) is 5.69 Å². The summed E-state index contributed by atoms with van der Waals surface area (Å²) >= 11 is 5.35. The first-order valence-corrected chi connectivity index (χ1v) is 7.05. The Balaban J connectivity index is 3.03. The van der Waals surface area contributed by atoms with Crippen LogP contribution in [0.4, 0.5) is 10.1 Å². The summed E-state index contributed by atoms with van der Waals surface area (Å²) < 4.78 is 39.0. The van der Waals surface area contributed by atoms with Crippen molar-refractivity contribution in [1.82, 2.24) is 4.72 Å². The molecule has 1 aromatic carbocycles. The lowest BCUT2D eigenvalue weighted by molar-refractivity contribution is -0.385. The van der Waals surface area contributed by atoms with E-state index in [1.807, 2.05) is 0 Å². The minimum Gasteiger partial charge on any atom is -0.258 e. The Morgan fingerprint density at radius 1 is 1.42 bits per heavy atom. The summed E-state index contributed by atoms with van der Waals surface area (Å²) in [6.45, 7) is -0.0861. The number of rotatable bonds is 6. The van der Waals surface area contributed by atoms with Crippen LogP contribution in [-0.4, -0.2) is 25.8 Å². The largest absolute Gasteiger partial charge is 0.270 e. The number of hydrogen-bond donors (Lipinski definition) is 1. The van der Waals surface area contributed by atoms with Crippen LogP contribution in [0.5, 0.6) is 0 Å². The van der Waals surface area contributed by atoms with Crippen LogP contribution >= 0.6 is 11.6 Å². The summed E-state index contributed by atoms with van der Waals surface area (Å²) in [4.78, 5) is 8.97. The average Bonchev–Trinajstić information content (AvgIpc) is 2.34. The van der Waals surface area contributed by atoms with Crippen LogP contribution in [0.3, 0.4) is 0 Å². The number of allylic oxidation sites excluding steroid dienone is 1. The van der Waals surface area contributed by atoms with Gasteiger partial charge in [0.1, 0.15) is 10.7 Å². The molecule has 0 amide bonds. The van der Waals surface area contributed by atoms with E-state index in [4.69, 9.17) is 11.6 Å². The third-order valence-corrected chi connectivity index (χ3v) is 3.68. The van der Waals surface area contributed by atoms with E-state index in [1.54, 1.807) is 0 Å². The maximum Gasteiger partial charge on any atom is 0.270 e. The number of nitrogens with one attached hydrogen (secondary N) is 1. The Morgan fingerprint density at radius 3 is 2.68 bits per heavy atom. The van der Waals surface area contributed by atoms with Gasteiger partial charge in [-0.1, -0.05) is 12.2 Å². The fraction of sp³-hybridized carbons (Fsp3) is 0.200. The second-order valence-corrected chi connectivity index (χ2v) is 5.39. The summed E-state index contributed by atoms with van der Waals surface area (Å²) in [6.07, 6.45) is 2.95. The topological polar surface area (TPSA) is 89.3 Å². The Bertz CT molecular complexity index is 604. The predicted molar refractivity (Wildman–Crippen MR) is 68.1 cm³/mol. The van der Waals surface area contributed by atoms with Crippen LogP contribution in [0.1, 0.15) is 0 Å². The molecule has 1 N–H and O–H groups in total. The van der Waals surface area contributed by atoms with Gasteiger partial charge in [-0.2, -0.15) is 0 Å². The number of sulfonamides is 1. The monoisotopic (exact) mass is 308 g/mol. The van der Waals surface area contributed by atoms with E-state index in [9.17, 15) is 22.9 Å². The molecule has 19 heavy (non-hydrogen) atoms. The zero-order valence-corrected chi connectivity index (χ0v) is 11.1. The minimum atomic E-state index is -4.15. The van der Waals surface area contributed by atoms with Crippen LogP contribution in [0.25, 0.3) is 0 Å². The number of non-ortho nitro benzene ring substituents is 1. The molecule has 0 unspecified atom stereocenters. The lowest BCUT2D eigenvalue weighted by atomic mass is 10.3. The second kappa shape index (κ2) is 6.60. The van der Waals surface area contributed by atoms with Gasteiger partial charge in [-0.15, -0.1) is 11.6 Å². The molecule has 6 nitrogen and oxygen atoms in total. The number of benzene rings is 1. The molecule has 0 heterocycles. The molecule has 9 heteroatoms. The summed E-state index contributed by atoms with van der Waals surface area (Å²) in [5.74, 6) is -0.841. The molecule has 0 atom stereocenters. The highest BCUT2D eigenvalue weighted by atomic mass is 35.5. The standard InChI is InChI=1S/C10H10ClFN2O4S/c11-5-1-2-6-13-19(17,18)10-7-8(14(15)16)3-4-9(10)12/h1-4,7,13H,5-6H2/b2-1+. The minimum absolute atomic E-state index is 0.0861. The van der Waals surface area contributed by atoms with Crippen molar-refractivity contribution in [3.05, 3.63) is 46.3 Å². The van der Waals surface area contributed by atoms with E-state index in [0.29, 0.717) is 6.07 Å². The second-order valence-electron chi connectivity index (χ2n) is 3.35. The Hall–Kier alpha value is -1.51. The summed E-state index contributed by atoms with van der Waals surface area (Å²) in [6, 6.07) is 2.30. The van der Waals surface area contributed by atoms with Crippen LogP contribution in [0, 0.1) is 15.9 Å². The predicted octanol–water partition coefficient (Wildman–Crippen LogP) is 1.81. The number of alkyl halides is 1. The maximum absolute atomic E-state index is 13.4. The zero-order chi connectivity index (χ0) is 14.5. The van der Waals surface area contributed by atoms with Gasteiger partial charge in [0.05, 0.1) is 4.92 Å². The normalized spacial score (nSPS) is 11.9. The van der Waals surface area contributed by atoms with E-state index in [1.165, 1.54) is 12.2 Å². The molecule has 0 aliphatic carbocycles. The summed E-state index contributed by atoms with van der Waals surface area (Å²) in [7, 11) is -4.15. The van der Waals surface area contributed by atoms with Crippen molar-refractivity contribution in [2.24, 2.45) is 0 Å². The van der Waals surface area contributed by atoms with E-state index in [2.05, 4.69) is 4.72 Å². The Kier molecular flexibility index (Phi) is 5.40. The Morgan fingerprint density at radius 2 is 2.11 bits per heavy atom. The number of nitrogens with zero attached hydrogens (tertiary/aromatic N) is 1. The third kappa shape index (κ3) is 4.27. The first-order valence-electron chi connectivity index (χ1n) is 5.03. The van der Waals surface area contributed by atoms with Crippen LogP contribution < -0.4 is 4.72 Å². The molecule has 0 fully saturated rings. The van der Waals surface area contributed by atoms with Crippen LogP contribution in [0.2, 0.25) is 0 Å². The molecule has 0 spiro atoms. The molecule has 0 radical (unpaired) electrons. The van der Waals surface area contributed by atoms with Gasteiger partial charge in [-0.25, -0.2) is 17.5 Å². The van der Waals surface area contributed by atoms with E-state index in [-0.39, 0.29) is 12.4 Å². The average molecular weight is 309 g/mol. The van der Waals surface area contributed by atoms with E-state index in [0.717, 1.165) is 12.1 Å². The molecule has 0 aliphatic rings. The third-order valence-electron chi connectivity index (χ3n) is 2.06. The lowest BCUT2D eigenvalue weighted by Gasteiger charge is -2.05. The highest BCUT2D eigenvalue weighted by Gasteiger charge is 2.21. The molecular formula is C10H10ClFN2O4S. The quantitative estimate of drug-likeness (QED) is 0.375. The van der Waals surface area contributed by atoms with Crippen molar-refractivity contribution in [3.63, 3.8) is 0 Å². The van der Waals surface area contributed by atoms with Gasteiger partial charge >= 0.3 is 0 Å². The molecule has 0 aliphatic heterocycles. The number of nitro benzene ring substituents is 1. The number of hydrogen-bond acceptors (Lipinski definition) is 4. The Labute approximate surface area is 114 Å². The van der Waals surface area contributed by atoms with E-state index < -0.39 is 31.3 Å². The number of halogens is 2. The van der Waals surface area contributed by atoms with Crippen molar-refractivity contribution in [2.75, 3.05) is 12.4 Å². The molecule has 1 aromatic rings. The van der Waals surface area contributed by atoms with Crippen molar-refractivity contribution in [3.8, 4) is 0 Å². The van der Waals surface area contributed by atoms with Gasteiger partial charge in [-0.3, -0.25) is 10.1 Å². The molecule has 0 aromatic heterocycles. The zero-order valence-electron chi connectivity index (χ0n) is 9.55. The number of nitro groups is 1. The molecule has 104 valence electrons. The van der Waals surface area contributed by atoms with Crippen LogP contribution in [0.15, 0.2) is 35.2 Å². The summed E-state index contributed by atoms with van der Waals surface area (Å²) in [5, 5.41) is 10.5. The van der Waals surface area contributed by atoms with Crippen molar-refractivity contribution >= 4 is 27.3 Å². The van der Waals surface area contributed by atoms with Gasteiger partial charge < -0.3 is 0 Å². The fourth-order valence-corrected chi connectivity index (χ4v) is 2.39. The van der Waals surface area contributed by atoms with Crippen molar-refractivity contribution < 1.29 is 17.7 Å².